The number of nitrogens with one attached hydrogen (secondary N) is 1. The molecule has 0 saturated heterocycles. The Labute approximate surface area is 117 Å². The largest absolute Gasteiger partial charge is 0.369 e. The zero-order valence-corrected chi connectivity index (χ0v) is 13.2. The van der Waals surface area contributed by atoms with Crippen LogP contribution in [0.2, 0.25) is 0 Å². The summed E-state index contributed by atoms with van der Waals surface area (Å²) in [5.41, 5.74) is 2.24. The van der Waals surface area contributed by atoms with Gasteiger partial charge in [0.2, 0.25) is 0 Å². The topological polar surface area (TPSA) is 41.1 Å². The molecule has 0 amide bonds. The van der Waals surface area contributed by atoms with Crippen molar-refractivity contribution in [1.29, 1.82) is 0 Å². The van der Waals surface area contributed by atoms with Gasteiger partial charge in [0.25, 0.3) is 0 Å². The SMILES string of the molecule is CCNCc1nc(C(C)C)ncc1N(C)C(C)CC. The molecule has 1 unspecified atom stereocenters. The molecule has 4 heteroatoms. The summed E-state index contributed by atoms with van der Waals surface area (Å²) < 4.78 is 0. The lowest BCUT2D eigenvalue weighted by Gasteiger charge is -2.28. The second-order valence-electron chi connectivity index (χ2n) is 5.36. The molecule has 0 aromatic carbocycles. The normalized spacial score (nSPS) is 12.8. The maximum Gasteiger partial charge on any atom is 0.131 e. The minimum atomic E-state index is 0.364. The Morgan fingerprint density at radius 1 is 1.26 bits per heavy atom. The zero-order valence-electron chi connectivity index (χ0n) is 13.2. The summed E-state index contributed by atoms with van der Waals surface area (Å²) in [7, 11) is 2.12. The summed E-state index contributed by atoms with van der Waals surface area (Å²) in [5.74, 6) is 1.29. The zero-order chi connectivity index (χ0) is 14.4. The molecule has 0 radical (unpaired) electrons. The number of nitrogens with zero attached hydrogens (tertiary/aromatic N) is 3. The molecule has 1 heterocycles. The minimum absolute atomic E-state index is 0.364. The van der Waals surface area contributed by atoms with E-state index in [4.69, 9.17) is 4.98 Å². The molecule has 1 N–H and O–H groups in total. The van der Waals surface area contributed by atoms with Crippen molar-refractivity contribution in [3.05, 3.63) is 17.7 Å². The van der Waals surface area contributed by atoms with E-state index >= 15 is 0 Å². The molecule has 1 aromatic rings. The van der Waals surface area contributed by atoms with Gasteiger partial charge in [-0.15, -0.1) is 0 Å². The first-order chi connectivity index (χ1) is 9.01. The molecular formula is C15H28N4. The predicted molar refractivity (Wildman–Crippen MR) is 81.7 cm³/mol. The van der Waals surface area contributed by atoms with Crippen molar-refractivity contribution in [1.82, 2.24) is 15.3 Å². The van der Waals surface area contributed by atoms with Crippen LogP contribution in [0.3, 0.4) is 0 Å². The van der Waals surface area contributed by atoms with Crippen LogP contribution < -0.4 is 10.2 Å². The Balaban J connectivity index is 3.07. The van der Waals surface area contributed by atoms with Crippen LogP contribution in [0.15, 0.2) is 6.20 Å². The number of anilines is 1. The molecule has 1 atom stereocenters. The van der Waals surface area contributed by atoms with Gasteiger partial charge in [-0.25, -0.2) is 9.97 Å². The van der Waals surface area contributed by atoms with E-state index in [1.54, 1.807) is 0 Å². The highest BCUT2D eigenvalue weighted by Crippen LogP contribution is 2.22. The third kappa shape index (κ3) is 4.16. The fraction of sp³-hybridized carbons (Fsp3) is 0.733. The van der Waals surface area contributed by atoms with Crippen molar-refractivity contribution in [3.63, 3.8) is 0 Å². The molecule has 19 heavy (non-hydrogen) atoms. The van der Waals surface area contributed by atoms with E-state index in [2.05, 4.69) is 56.9 Å². The lowest BCUT2D eigenvalue weighted by Crippen LogP contribution is -2.30. The third-order valence-corrected chi connectivity index (χ3v) is 3.56. The molecule has 4 nitrogen and oxygen atoms in total. The Morgan fingerprint density at radius 3 is 2.47 bits per heavy atom. The summed E-state index contributed by atoms with van der Waals surface area (Å²) in [6.45, 7) is 12.6. The van der Waals surface area contributed by atoms with Gasteiger partial charge in [-0.1, -0.05) is 27.7 Å². The second kappa shape index (κ2) is 7.43. The molecule has 0 aliphatic carbocycles. The van der Waals surface area contributed by atoms with Gasteiger partial charge in [0, 0.05) is 25.6 Å². The summed E-state index contributed by atoms with van der Waals surface area (Å²) in [6.07, 6.45) is 3.09. The van der Waals surface area contributed by atoms with E-state index in [-0.39, 0.29) is 0 Å². The van der Waals surface area contributed by atoms with Gasteiger partial charge in [-0.05, 0) is 19.9 Å². The lowest BCUT2D eigenvalue weighted by molar-refractivity contribution is 0.640. The van der Waals surface area contributed by atoms with Crippen LogP contribution in [0.4, 0.5) is 5.69 Å². The van der Waals surface area contributed by atoms with Crippen molar-refractivity contribution in [2.45, 2.75) is 59.5 Å². The van der Waals surface area contributed by atoms with Crippen LogP contribution in [-0.2, 0) is 6.54 Å². The molecule has 1 rings (SSSR count). The molecule has 0 aliphatic heterocycles. The van der Waals surface area contributed by atoms with Crippen LogP contribution in [0.25, 0.3) is 0 Å². The van der Waals surface area contributed by atoms with Gasteiger partial charge in [0.15, 0.2) is 0 Å². The monoisotopic (exact) mass is 264 g/mol. The highest BCUT2D eigenvalue weighted by atomic mass is 15.2. The van der Waals surface area contributed by atoms with Crippen molar-refractivity contribution >= 4 is 5.69 Å². The van der Waals surface area contributed by atoms with Gasteiger partial charge in [-0.2, -0.15) is 0 Å². The van der Waals surface area contributed by atoms with Crippen LogP contribution in [0.1, 0.15) is 58.5 Å². The van der Waals surface area contributed by atoms with E-state index in [0.29, 0.717) is 12.0 Å². The molecule has 0 bridgehead atoms. The Kier molecular flexibility index (Phi) is 6.22. The fourth-order valence-corrected chi connectivity index (χ4v) is 1.88. The maximum absolute atomic E-state index is 4.73. The smallest absolute Gasteiger partial charge is 0.131 e. The number of aromatic nitrogens is 2. The highest BCUT2D eigenvalue weighted by molar-refractivity contribution is 5.49. The molecular weight excluding hydrogens is 236 g/mol. The van der Waals surface area contributed by atoms with Crippen molar-refractivity contribution in [2.75, 3.05) is 18.5 Å². The quantitative estimate of drug-likeness (QED) is 0.822. The van der Waals surface area contributed by atoms with Gasteiger partial charge in [0.1, 0.15) is 5.82 Å². The van der Waals surface area contributed by atoms with E-state index in [1.165, 1.54) is 0 Å². The summed E-state index contributed by atoms with van der Waals surface area (Å²) in [5, 5.41) is 3.37. The van der Waals surface area contributed by atoms with Gasteiger partial charge in [-0.3, -0.25) is 0 Å². The maximum atomic E-state index is 4.73. The van der Waals surface area contributed by atoms with Crippen LogP contribution in [0, 0.1) is 0 Å². The molecule has 0 spiro atoms. The van der Waals surface area contributed by atoms with Crippen molar-refractivity contribution in [3.8, 4) is 0 Å². The Bertz CT molecular complexity index is 390. The van der Waals surface area contributed by atoms with E-state index in [9.17, 15) is 0 Å². The van der Waals surface area contributed by atoms with E-state index in [0.717, 1.165) is 36.7 Å². The molecule has 1 aromatic heterocycles. The summed E-state index contributed by atoms with van der Waals surface area (Å²) in [6, 6.07) is 0.494. The Morgan fingerprint density at radius 2 is 1.95 bits per heavy atom. The second-order valence-corrected chi connectivity index (χ2v) is 5.36. The molecule has 0 saturated carbocycles. The van der Waals surface area contributed by atoms with Crippen molar-refractivity contribution < 1.29 is 0 Å². The number of hydrogen-bond acceptors (Lipinski definition) is 4. The van der Waals surface area contributed by atoms with Crippen LogP contribution >= 0.6 is 0 Å². The number of hydrogen-bond donors (Lipinski definition) is 1. The minimum Gasteiger partial charge on any atom is -0.369 e. The first-order valence-corrected chi connectivity index (χ1v) is 7.30. The fourth-order valence-electron chi connectivity index (χ4n) is 1.88. The summed E-state index contributed by atoms with van der Waals surface area (Å²) >= 11 is 0. The molecule has 0 aliphatic rings. The Hall–Kier alpha value is -1.16. The predicted octanol–water partition coefficient (Wildman–Crippen LogP) is 2.94. The van der Waals surface area contributed by atoms with Gasteiger partial charge >= 0.3 is 0 Å². The highest BCUT2D eigenvalue weighted by Gasteiger charge is 2.15. The molecule has 108 valence electrons. The molecule has 0 fully saturated rings. The van der Waals surface area contributed by atoms with Gasteiger partial charge < -0.3 is 10.2 Å². The van der Waals surface area contributed by atoms with E-state index < -0.39 is 0 Å². The third-order valence-electron chi connectivity index (χ3n) is 3.56. The first-order valence-electron chi connectivity index (χ1n) is 7.30. The standard InChI is InChI=1S/C15H28N4/c1-7-12(5)19(6)14-10-17-15(11(3)4)18-13(14)9-16-8-2/h10-12,16H,7-9H2,1-6H3. The average molecular weight is 264 g/mol. The average Bonchev–Trinajstić information content (AvgIpc) is 2.42. The number of rotatable bonds is 7. The van der Waals surface area contributed by atoms with Crippen LogP contribution in [-0.4, -0.2) is 29.6 Å². The van der Waals surface area contributed by atoms with E-state index in [1.807, 2.05) is 6.20 Å². The summed E-state index contributed by atoms with van der Waals surface area (Å²) in [4.78, 5) is 11.5. The first kappa shape index (κ1) is 15.9. The lowest BCUT2D eigenvalue weighted by atomic mass is 10.1. The van der Waals surface area contributed by atoms with Crippen LogP contribution in [0.5, 0.6) is 0 Å². The van der Waals surface area contributed by atoms with Gasteiger partial charge in [0.05, 0.1) is 17.6 Å². The van der Waals surface area contributed by atoms with Crippen molar-refractivity contribution in [2.24, 2.45) is 0 Å².